The maximum Gasteiger partial charge on any atom is 0.319 e. The fraction of sp³-hybridized carbons (Fsp3) is 0.263. The Morgan fingerprint density at radius 2 is 1.92 bits per heavy atom. The highest BCUT2D eigenvalue weighted by Crippen LogP contribution is 2.25. The van der Waals surface area contributed by atoms with Crippen LogP contribution in [0.1, 0.15) is 12.0 Å². The molecule has 1 aliphatic heterocycles. The van der Waals surface area contributed by atoms with Gasteiger partial charge in [-0.05, 0) is 31.2 Å². The number of amides is 3. The predicted molar refractivity (Wildman–Crippen MR) is 95.1 cm³/mol. The van der Waals surface area contributed by atoms with E-state index in [0.29, 0.717) is 19.5 Å². The van der Waals surface area contributed by atoms with E-state index in [1.807, 2.05) is 31.2 Å². The number of para-hydroxylation sites is 1. The zero-order valence-corrected chi connectivity index (χ0v) is 14.0. The fourth-order valence-corrected chi connectivity index (χ4v) is 2.86. The standard InChI is InChI=1S/C19H20FN3O2/c1-13-6-8-15(9-7-13)23-12-14(10-18(23)24)11-21-19(25)22-17-5-3-2-4-16(17)20/h2-9,14H,10-12H2,1H3,(H2,21,22,25)/t14-/m0/s1. The molecule has 2 N–H and O–H groups in total. The Bertz CT molecular complexity index is 776. The van der Waals surface area contributed by atoms with Crippen LogP contribution in [0.15, 0.2) is 48.5 Å². The van der Waals surface area contributed by atoms with Crippen LogP contribution in [0.4, 0.5) is 20.6 Å². The minimum absolute atomic E-state index is 0.0279. The maximum atomic E-state index is 13.5. The molecule has 2 aromatic rings. The zero-order valence-electron chi connectivity index (χ0n) is 14.0. The summed E-state index contributed by atoms with van der Waals surface area (Å²) in [6.07, 6.45) is 0.383. The van der Waals surface area contributed by atoms with Crippen molar-refractivity contribution in [1.82, 2.24) is 5.32 Å². The predicted octanol–water partition coefficient (Wildman–Crippen LogP) is 3.31. The molecular weight excluding hydrogens is 321 g/mol. The zero-order chi connectivity index (χ0) is 17.8. The molecule has 3 rings (SSSR count). The van der Waals surface area contributed by atoms with Gasteiger partial charge in [-0.25, -0.2) is 9.18 Å². The summed E-state index contributed by atoms with van der Waals surface area (Å²) in [5.41, 5.74) is 2.14. The number of hydrogen-bond donors (Lipinski definition) is 2. The van der Waals surface area contributed by atoms with Crippen molar-refractivity contribution in [2.45, 2.75) is 13.3 Å². The lowest BCUT2D eigenvalue weighted by molar-refractivity contribution is -0.117. The molecule has 0 unspecified atom stereocenters. The lowest BCUT2D eigenvalue weighted by atomic mass is 10.1. The first-order valence-corrected chi connectivity index (χ1v) is 8.19. The summed E-state index contributed by atoms with van der Waals surface area (Å²) in [5, 5.41) is 5.18. The van der Waals surface area contributed by atoms with Gasteiger partial charge in [0, 0.05) is 31.1 Å². The van der Waals surface area contributed by atoms with Gasteiger partial charge in [-0.1, -0.05) is 29.8 Å². The van der Waals surface area contributed by atoms with Gasteiger partial charge in [-0.2, -0.15) is 0 Å². The molecule has 1 aliphatic rings. The Morgan fingerprint density at radius 3 is 2.64 bits per heavy atom. The van der Waals surface area contributed by atoms with Crippen molar-refractivity contribution in [3.8, 4) is 0 Å². The second kappa shape index (κ2) is 7.34. The lowest BCUT2D eigenvalue weighted by Gasteiger charge is -2.17. The third-order valence-corrected chi connectivity index (χ3v) is 4.22. The topological polar surface area (TPSA) is 61.4 Å². The number of nitrogens with one attached hydrogen (secondary N) is 2. The van der Waals surface area contributed by atoms with Crippen molar-refractivity contribution in [1.29, 1.82) is 0 Å². The minimum Gasteiger partial charge on any atom is -0.338 e. The Morgan fingerprint density at radius 1 is 1.20 bits per heavy atom. The SMILES string of the molecule is Cc1ccc(N2C[C@H](CNC(=O)Nc3ccccc3F)CC2=O)cc1. The van der Waals surface area contributed by atoms with Crippen LogP contribution >= 0.6 is 0 Å². The smallest absolute Gasteiger partial charge is 0.319 e. The van der Waals surface area contributed by atoms with Crippen LogP contribution in [-0.2, 0) is 4.79 Å². The molecule has 0 aliphatic carbocycles. The van der Waals surface area contributed by atoms with E-state index in [9.17, 15) is 14.0 Å². The van der Waals surface area contributed by atoms with Gasteiger partial charge in [-0.3, -0.25) is 4.79 Å². The summed E-state index contributed by atoms with van der Waals surface area (Å²) >= 11 is 0. The van der Waals surface area contributed by atoms with Gasteiger partial charge in [0.1, 0.15) is 5.82 Å². The van der Waals surface area contributed by atoms with E-state index in [0.717, 1.165) is 11.3 Å². The van der Waals surface area contributed by atoms with Crippen LogP contribution in [0.2, 0.25) is 0 Å². The Labute approximate surface area is 145 Å². The summed E-state index contributed by atoms with van der Waals surface area (Å²) in [7, 11) is 0. The van der Waals surface area contributed by atoms with E-state index in [4.69, 9.17) is 0 Å². The fourth-order valence-electron chi connectivity index (χ4n) is 2.86. The third kappa shape index (κ3) is 4.15. The molecule has 1 fully saturated rings. The first-order valence-electron chi connectivity index (χ1n) is 8.19. The summed E-state index contributed by atoms with van der Waals surface area (Å²) in [6, 6.07) is 13.3. The highest BCUT2D eigenvalue weighted by Gasteiger charge is 2.30. The van der Waals surface area contributed by atoms with Crippen LogP contribution in [0, 0.1) is 18.7 Å². The first kappa shape index (κ1) is 17.0. The molecule has 130 valence electrons. The maximum absolute atomic E-state index is 13.5. The molecule has 1 heterocycles. The van der Waals surface area contributed by atoms with Gasteiger partial charge < -0.3 is 15.5 Å². The molecule has 0 bridgehead atoms. The van der Waals surface area contributed by atoms with Crippen molar-refractivity contribution in [3.05, 3.63) is 59.9 Å². The largest absolute Gasteiger partial charge is 0.338 e. The Balaban J connectivity index is 1.52. The lowest BCUT2D eigenvalue weighted by Crippen LogP contribution is -2.34. The highest BCUT2D eigenvalue weighted by atomic mass is 19.1. The molecule has 0 saturated carbocycles. The quantitative estimate of drug-likeness (QED) is 0.896. The van der Waals surface area contributed by atoms with Gasteiger partial charge in [-0.15, -0.1) is 0 Å². The van der Waals surface area contributed by atoms with Crippen molar-refractivity contribution in [2.24, 2.45) is 5.92 Å². The second-order valence-electron chi connectivity index (χ2n) is 6.22. The average molecular weight is 341 g/mol. The normalized spacial score (nSPS) is 16.8. The number of halogens is 1. The number of anilines is 2. The molecule has 1 saturated heterocycles. The van der Waals surface area contributed by atoms with Crippen molar-refractivity contribution in [3.63, 3.8) is 0 Å². The number of rotatable bonds is 4. The van der Waals surface area contributed by atoms with E-state index < -0.39 is 11.8 Å². The van der Waals surface area contributed by atoms with Crippen molar-refractivity contribution in [2.75, 3.05) is 23.3 Å². The third-order valence-electron chi connectivity index (χ3n) is 4.22. The molecule has 0 spiro atoms. The summed E-state index contributed by atoms with van der Waals surface area (Å²) in [5.74, 6) is -0.412. The second-order valence-corrected chi connectivity index (χ2v) is 6.22. The van der Waals surface area contributed by atoms with E-state index in [1.54, 1.807) is 17.0 Å². The summed E-state index contributed by atoms with van der Waals surface area (Å²) in [4.78, 5) is 25.8. The molecule has 0 aromatic heterocycles. The number of urea groups is 1. The van der Waals surface area contributed by atoms with Crippen molar-refractivity contribution < 1.29 is 14.0 Å². The number of carbonyl (C=O) groups excluding carboxylic acids is 2. The monoisotopic (exact) mass is 341 g/mol. The molecule has 2 aromatic carbocycles. The van der Waals surface area contributed by atoms with E-state index >= 15 is 0 Å². The van der Waals surface area contributed by atoms with Crippen LogP contribution < -0.4 is 15.5 Å². The molecular formula is C19H20FN3O2. The van der Waals surface area contributed by atoms with Gasteiger partial charge in [0.25, 0.3) is 0 Å². The summed E-state index contributed by atoms with van der Waals surface area (Å²) in [6.45, 7) is 2.91. The first-order chi connectivity index (χ1) is 12.0. The van der Waals surface area contributed by atoms with Gasteiger partial charge in [0.2, 0.25) is 5.91 Å². The number of aryl methyl sites for hydroxylation is 1. The molecule has 5 nitrogen and oxygen atoms in total. The summed E-state index contributed by atoms with van der Waals surface area (Å²) < 4.78 is 13.5. The van der Waals surface area contributed by atoms with Gasteiger partial charge >= 0.3 is 6.03 Å². The van der Waals surface area contributed by atoms with Crippen molar-refractivity contribution >= 4 is 23.3 Å². The van der Waals surface area contributed by atoms with Gasteiger partial charge in [0.15, 0.2) is 0 Å². The molecule has 3 amide bonds. The number of hydrogen-bond acceptors (Lipinski definition) is 2. The average Bonchev–Trinajstić information content (AvgIpc) is 2.97. The molecule has 6 heteroatoms. The highest BCUT2D eigenvalue weighted by molar-refractivity contribution is 5.96. The van der Waals surface area contributed by atoms with E-state index in [2.05, 4.69) is 10.6 Å². The Hall–Kier alpha value is -2.89. The number of nitrogens with zero attached hydrogens (tertiary/aromatic N) is 1. The Kier molecular flexibility index (Phi) is 4.97. The van der Waals surface area contributed by atoms with Gasteiger partial charge in [0.05, 0.1) is 5.69 Å². The van der Waals surface area contributed by atoms with Crippen LogP contribution in [0.5, 0.6) is 0 Å². The molecule has 25 heavy (non-hydrogen) atoms. The number of benzene rings is 2. The number of carbonyl (C=O) groups is 2. The molecule has 0 radical (unpaired) electrons. The van der Waals surface area contributed by atoms with Crippen LogP contribution in [0.3, 0.4) is 0 Å². The van der Waals surface area contributed by atoms with Crippen LogP contribution in [0.25, 0.3) is 0 Å². The minimum atomic E-state index is -0.487. The molecule has 1 atom stereocenters. The van der Waals surface area contributed by atoms with Crippen LogP contribution in [-0.4, -0.2) is 25.0 Å². The van der Waals surface area contributed by atoms with E-state index in [1.165, 1.54) is 12.1 Å². The van der Waals surface area contributed by atoms with E-state index in [-0.39, 0.29) is 17.5 Å².